The second kappa shape index (κ2) is 8.82. The SMILES string of the molecule is COc1ccccc1CNC(=O)[C@@H](C)OC(=O)Cc1coc2c(C)c(C)ccc12. The third-order valence-electron chi connectivity index (χ3n) is 5.00. The number of fused-ring (bicyclic) bond motifs is 1. The second-order valence-electron chi connectivity index (χ2n) is 6.98. The molecule has 2 aromatic carbocycles. The van der Waals surface area contributed by atoms with Gasteiger partial charge in [-0.3, -0.25) is 9.59 Å². The van der Waals surface area contributed by atoms with Gasteiger partial charge in [0, 0.05) is 23.1 Å². The van der Waals surface area contributed by atoms with E-state index in [0.29, 0.717) is 5.75 Å². The van der Waals surface area contributed by atoms with Crippen LogP contribution in [0.15, 0.2) is 47.1 Å². The van der Waals surface area contributed by atoms with Gasteiger partial charge in [0.2, 0.25) is 0 Å². The third kappa shape index (κ3) is 4.59. The summed E-state index contributed by atoms with van der Waals surface area (Å²) in [6.45, 7) is 5.83. The molecule has 0 radical (unpaired) electrons. The number of ether oxygens (including phenoxy) is 2. The molecule has 29 heavy (non-hydrogen) atoms. The van der Waals surface area contributed by atoms with Gasteiger partial charge in [0.05, 0.1) is 19.8 Å². The highest BCUT2D eigenvalue weighted by Crippen LogP contribution is 2.27. The summed E-state index contributed by atoms with van der Waals surface area (Å²) in [7, 11) is 1.58. The van der Waals surface area contributed by atoms with Gasteiger partial charge in [-0.1, -0.05) is 30.3 Å². The minimum Gasteiger partial charge on any atom is -0.496 e. The molecule has 6 heteroatoms. The monoisotopic (exact) mass is 395 g/mol. The maximum atomic E-state index is 12.3. The summed E-state index contributed by atoms with van der Waals surface area (Å²) in [4.78, 5) is 24.6. The van der Waals surface area contributed by atoms with Crippen molar-refractivity contribution in [2.24, 2.45) is 0 Å². The quantitative estimate of drug-likeness (QED) is 0.615. The van der Waals surface area contributed by atoms with Gasteiger partial charge >= 0.3 is 5.97 Å². The zero-order chi connectivity index (χ0) is 21.0. The lowest BCUT2D eigenvalue weighted by atomic mass is 10.0. The van der Waals surface area contributed by atoms with Crippen LogP contribution in [0.25, 0.3) is 11.0 Å². The molecule has 0 aliphatic heterocycles. The zero-order valence-corrected chi connectivity index (χ0v) is 17.1. The predicted octanol–water partition coefficient (Wildman–Crippen LogP) is 3.85. The molecule has 6 nitrogen and oxygen atoms in total. The summed E-state index contributed by atoms with van der Waals surface area (Å²) < 4.78 is 16.2. The summed E-state index contributed by atoms with van der Waals surface area (Å²) in [5.74, 6) is -0.159. The van der Waals surface area contributed by atoms with Gasteiger partial charge < -0.3 is 19.2 Å². The smallest absolute Gasteiger partial charge is 0.311 e. The van der Waals surface area contributed by atoms with E-state index < -0.39 is 12.1 Å². The summed E-state index contributed by atoms with van der Waals surface area (Å²) in [5.41, 5.74) is 4.54. The number of para-hydroxylation sites is 1. The lowest BCUT2D eigenvalue weighted by Crippen LogP contribution is -2.35. The Hall–Kier alpha value is -3.28. The Morgan fingerprint density at radius 1 is 1.10 bits per heavy atom. The van der Waals surface area contributed by atoms with Crippen LogP contribution in [0.5, 0.6) is 5.75 Å². The lowest BCUT2D eigenvalue weighted by Gasteiger charge is -2.14. The molecule has 0 spiro atoms. The van der Waals surface area contributed by atoms with Gasteiger partial charge in [-0.2, -0.15) is 0 Å². The van der Waals surface area contributed by atoms with Crippen LogP contribution in [0.3, 0.4) is 0 Å². The van der Waals surface area contributed by atoms with Crippen molar-refractivity contribution in [2.45, 2.75) is 39.8 Å². The number of aryl methyl sites for hydroxylation is 2. The van der Waals surface area contributed by atoms with Crippen LogP contribution < -0.4 is 10.1 Å². The number of carbonyl (C=O) groups is 2. The van der Waals surface area contributed by atoms with Crippen LogP contribution in [0.1, 0.15) is 29.2 Å². The summed E-state index contributed by atoms with van der Waals surface area (Å²) in [5, 5.41) is 3.65. The Kier molecular flexibility index (Phi) is 6.22. The van der Waals surface area contributed by atoms with Gasteiger partial charge in [0.1, 0.15) is 11.3 Å². The van der Waals surface area contributed by atoms with Crippen molar-refractivity contribution >= 4 is 22.8 Å². The van der Waals surface area contributed by atoms with E-state index in [4.69, 9.17) is 13.9 Å². The van der Waals surface area contributed by atoms with E-state index in [1.165, 1.54) is 0 Å². The van der Waals surface area contributed by atoms with Crippen LogP contribution in [0, 0.1) is 13.8 Å². The van der Waals surface area contributed by atoms with Crippen molar-refractivity contribution in [1.29, 1.82) is 0 Å². The topological polar surface area (TPSA) is 77.8 Å². The number of nitrogens with one attached hydrogen (secondary N) is 1. The second-order valence-corrected chi connectivity index (χ2v) is 6.98. The van der Waals surface area contributed by atoms with E-state index in [2.05, 4.69) is 5.32 Å². The van der Waals surface area contributed by atoms with Gasteiger partial charge in [-0.05, 0) is 38.0 Å². The molecule has 0 aliphatic carbocycles. The highest BCUT2D eigenvalue weighted by Gasteiger charge is 2.20. The van der Waals surface area contributed by atoms with Crippen LogP contribution >= 0.6 is 0 Å². The molecule has 0 aliphatic rings. The van der Waals surface area contributed by atoms with Crippen molar-refractivity contribution in [3.63, 3.8) is 0 Å². The predicted molar refractivity (Wildman–Crippen MR) is 110 cm³/mol. The molecule has 1 heterocycles. The summed E-state index contributed by atoms with van der Waals surface area (Å²) in [6.07, 6.45) is 0.712. The van der Waals surface area contributed by atoms with Crippen LogP contribution in [-0.4, -0.2) is 25.1 Å². The first-order valence-corrected chi connectivity index (χ1v) is 9.46. The van der Waals surface area contributed by atoms with E-state index in [9.17, 15) is 9.59 Å². The number of carbonyl (C=O) groups excluding carboxylic acids is 2. The minimum atomic E-state index is -0.903. The molecule has 3 rings (SSSR count). The highest BCUT2D eigenvalue weighted by molar-refractivity contribution is 5.89. The largest absolute Gasteiger partial charge is 0.496 e. The van der Waals surface area contributed by atoms with Crippen LogP contribution in [0.4, 0.5) is 0 Å². The van der Waals surface area contributed by atoms with Gasteiger partial charge in [0.25, 0.3) is 5.91 Å². The molecule has 1 aromatic heterocycles. The molecule has 0 saturated heterocycles. The van der Waals surface area contributed by atoms with E-state index in [1.54, 1.807) is 20.3 Å². The summed E-state index contributed by atoms with van der Waals surface area (Å²) in [6, 6.07) is 11.3. The standard InChI is InChI=1S/C23H25NO5/c1-14-9-10-19-18(13-28-22(19)15(14)2)11-21(25)29-16(3)23(26)24-12-17-7-5-6-8-20(17)27-4/h5-10,13,16H,11-12H2,1-4H3,(H,24,26)/t16-/m1/s1. The fourth-order valence-corrected chi connectivity index (χ4v) is 3.15. The van der Waals surface area contributed by atoms with E-state index in [0.717, 1.165) is 33.2 Å². The number of hydrogen-bond acceptors (Lipinski definition) is 5. The van der Waals surface area contributed by atoms with Crippen molar-refractivity contribution in [1.82, 2.24) is 5.32 Å². The summed E-state index contributed by atoms with van der Waals surface area (Å²) >= 11 is 0. The molecule has 3 aromatic rings. The fourth-order valence-electron chi connectivity index (χ4n) is 3.15. The molecule has 1 atom stereocenters. The molecule has 0 saturated carbocycles. The van der Waals surface area contributed by atoms with Gasteiger partial charge in [-0.25, -0.2) is 0 Å². The number of furan rings is 1. The number of methoxy groups -OCH3 is 1. The average Bonchev–Trinajstić information content (AvgIpc) is 3.12. The van der Waals surface area contributed by atoms with Gasteiger partial charge in [0.15, 0.2) is 6.10 Å². The molecular formula is C23H25NO5. The molecule has 0 bridgehead atoms. The van der Waals surface area contributed by atoms with Crippen molar-refractivity contribution in [3.05, 3.63) is 64.9 Å². The minimum absolute atomic E-state index is 0.0413. The Morgan fingerprint density at radius 3 is 2.62 bits per heavy atom. The number of esters is 1. The maximum absolute atomic E-state index is 12.3. The van der Waals surface area contributed by atoms with Crippen molar-refractivity contribution < 1.29 is 23.5 Å². The van der Waals surface area contributed by atoms with Crippen molar-refractivity contribution in [2.75, 3.05) is 7.11 Å². The van der Waals surface area contributed by atoms with Crippen molar-refractivity contribution in [3.8, 4) is 5.75 Å². The Balaban J connectivity index is 1.57. The third-order valence-corrected chi connectivity index (χ3v) is 5.00. The number of rotatable bonds is 7. The lowest BCUT2D eigenvalue weighted by molar-refractivity contribution is -0.154. The first-order chi connectivity index (χ1) is 13.9. The number of benzene rings is 2. The first-order valence-electron chi connectivity index (χ1n) is 9.46. The molecular weight excluding hydrogens is 370 g/mol. The van der Waals surface area contributed by atoms with Gasteiger partial charge in [-0.15, -0.1) is 0 Å². The molecule has 1 amide bonds. The first kappa shape index (κ1) is 20.5. The number of hydrogen-bond donors (Lipinski definition) is 1. The fraction of sp³-hybridized carbons (Fsp3) is 0.304. The number of amides is 1. The Morgan fingerprint density at radius 2 is 1.86 bits per heavy atom. The molecule has 0 fully saturated rings. The zero-order valence-electron chi connectivity index (χ0n) is 17.1. The molecule has 152 valence electrons. The van der Waals surface area contributed by atoms with E-state index in [1.807, 2.05) is 50.2 Å². The molecule has 0 unspecified atom stereocenters. The van der Waals surface area contributed by atoms with E-state index >= 15 is 0 Å². The molecule has 1 N–H and O–H groups in total. The highest BCUT2D eigenvalue weighted by atomic mass is 16.5. The van der Waals surface area contributed by atoms with Crippen LogP contribution in [0.2, 0.25) is 0 Å². The average molecular weight is 395 g/mol. The normalized spacial score (nSPS) is 11.9. The maximum Gasteiger partial charge on any atom is 0.311 e. The Bertz CT molecular complexity index is 1040. The Labute approximate surface area is 169 Å². The van der Waals surface area contributed by atoms with Crippen LogP contribution in [-0.2, 0) is 27.3 Å². The van der Waals surface area contributed by atoms with E-state index in [-0.39, 0.29) is 18.9 Å².